The van der Waals surface area contributed by atoms with E-state index in [4.69, 9.17) is 34.8 Å². The second-order valence-corrected chi connectivity index (χ2v) is 11.7. The number of benzene rings is 2. The average Bonchev–Trinajstić information content (AvgIpc) is 2.76. The smallest absolute Gasteiger partial charge is 0.244 e. The van der Waals surface area contributed by atoms with Crippen LogP contribution < -0.4 is 9.62 Å². The van der Waals surface area contributed by atoms with Crippen molar-refractivity contribution in [1.82, 2.24) is 10.2 Å². The maximum absolute atomic E-state index is 13.6. The molecule has 0 bridgehead atoms. The molecular formula is C24H30Cl3N3O4S. The predicted molar refractivity (Wildman–Crippen MR) is 143 cm³/mol. The molecule has 0 aliphatic heterocycles. The van der Waals surface area contributed by atoms with Gasteiger partial charge in [-0.3, -0.25) is 13.9 Å². The highest BCUT2D eigenvalue weighted by Gasteiger charge is 2.32. The lowest BCUT2D eigenvalue weighted by atomic mass is 10.1. The molecule has 0 fully saturated rings. The zero-order valence-electron chi connectivity index (χ0n) is 20.1. The van der Waals surface area contributed by atoms with Crippen molar-refractivity contribution in [2.45, 2.75) is 39.8 Å². The minimum absolute atomic E-state index is 0.0713. The van der Waals surface area contributed by atoms with Crippen LogP contribution in [0.1, 0.15) is 32.8 Å². The number of halogens is 3. The fourth-order valence-corrected chi connectivity index (χ4v) is 4.98. The van der Waals surface area contributed by atoms with Gasteiger partial charge in [-0.15, -0.1) is 0 Å². The predicted octanol–water partition coefficient (Wildman–Crippen LogP) is 4.99. The number of nitrogens with one attached hydrogen (secondary N) is 1. The molecule has 1 N–H and O–H groups in total. The SMILES string of the molecule is CC[C@H](C(=O)NCC(C)C)N(Cc1c(Cl)cccc1Cl)C(=O)CN(c1cccc(Cl)c1)S(C)(=O)=O. The van der Waals surface area contributed by atoms with E-state index in [1.54, 1.807) is 43.3 Å². The number of nitrogens with zero attached hydrogens (tertiary/aromatic N) is 2. The van der Waals surface area contributed by atoms with E-state index in [0.717, 1.165) is 10.6 Å². The van der Waals surface area contributed by atoms with Gasteiger partial charge in [-0.2, -0.15) is 0 Å². The Balaban J connectivity index is 2.48. The largest absolute Gasteiger partial charge is 0.354 e. The second-order valence-electron chi connectivity index (χ2n) is 8.53. The van der Waals surface area contributed by atoms with Gasteiger partial charge in [0.05, 0.1) is 11.9 Å². The van der Waals surface area contributed by atoms with E-state index < -0.39 is 28.5 Å². The van der Waals surface area contributed by atoms with Crippen LogP contribution in [0.15, 0.2) is 42.5 Å². The number of carbonyl (C=O) groups is 2. The highest BCUT2D eigenvalue weighted by atomic mass is 35.5. The molecule has 2 amide bonds. The lowest BCUT2D eigenvalue weighted by Gasteiger charge is -2.33. The second kappa shape index (κ2) is 12.8. The molecule has 1 atom stereocenters. The molecule has 0 spiro atoms. The third kappa shape index (κ3) is 8.27. The highest BCUT2D eigenvalue weighted by Crippen LogP contribution is 2.28. The molecule has 0 aliphatic rings. The monoisotopic (exact) mass is 561 g/mol. The Labute approximate surface area is 222 Å². The Hall–Kier alpha value is -2.00. The number of rotatable bonds is 11. The van der Waals surface area contributed by atoms with Crippen molar-refractivity contribution in [2.75, 3.05) is 23.7 Å². The Morgan fingerprint density at radius 2 is 1.63 bits per heavy atom. The quantitative estimate of drug-likeness (QED) is 0.418. The summed E-state index contributed by atoms with van der Waals surface area (Å²) < 4.78 is 26.2. The van der Waals surface area contributed by atoms with E-state index in [2.05, 4.69) is 5.32 Å². The molecule has 0 saturated heterocycles. The number of anilines is 1. The van der Waals surface area contributed by atoms with Gasteiger partial charge in [0.2, 0.25) is 21.8 Å². The van der Waals surface area contributed by atoms with Crippen molar-refractivity contribution in [1.29, 1.82) is 0 Å². The topological polar surface area (TPSA) is 86.8 Å². The minimum Gasteiger partial charge on any atom is -0.354 e. The summed E-state index contributed by atoms with van der Waals surface area (Å²) in [6.45, 7) is 5.53. The molecule has 2 aromatic carbocycles. The lowest BCUT2D eigenvalue weighted by molar-refractivity contribution is -0.140. The number of amides is 2. The molecule has 0 aliphatic carbocycles. The van der Waals surface area contributed by atoms with Gasteiger partial charge >= 0.3 is 0 Å². The Morgan fingerprint density at radius 3 is 2.14 bits per heavy atom. The van der Waals surface area contributed by atoms with Crippen LogP contribution in [0.4, 0.5) is 5.69 Å². The molecule has 7 nitrogen and oxygen atoms in total. The Bertz CT molecular complexity index is 1140. The van der Waals surface area contributed by atoms with Crippen LogP contribution in [0, 0.1) is 5.92 Å². The molecule has 0 unspecified atom stereocenters. The first kappa shape index (κ1) is 29.2. The summed E-state index contributed by atoms with van der Waals surface area (Å²) in [7, 11) is -3.85. The highest BCUT2D eigenvalue weighted by molar-refractivity contribution is 7.92. The number of hydrogen-bond acceptors (Lipinski definition) is 4. The van der Waals surface area contributed by atoms with Crippen LogP contribution in [0.3, 0.4) is 0 Å². The number of hydrogen-bond donors (Lipinski definition) is 1. The summed E-state index contributed by atoms with van der Waals surface area (Å²) in [5, 5.41) is 3.85. The van der Waals surface area contributed by atoms with E-state index in [-0.39, 0.29) is 24.1 Å². The fraction of sp³-hybridized carbons (Fsp3) is 0.417. The van der Waals surface area contributed by atoms with Crippen molar-refractivity contribution in [3.8, 4) is 0 Å². The van der Waals surface area contributed by atoms with E-state index in [0.29, 0.717) is 33.6 Å². The van der Waals surface area contributed by atoms with E-state index in [1.165, 1.54) is 11.0 Å². The molecule has 0 saturated carbocycles. The first-order chi connectivity index (χ1) is 16.3. The number of sulfonamides is 1. The zero-order valence-corrected chi connectivity index (χ0v) is 23.2. The van der Waals surface area contributed by atoms with Gasteiger partial charge in [-0.1, -0.05) is 67.7 Å². The van der Waals surface area contributed by atoms with E-state index in [9.17, 15) is 18.0 Å². The molecule has 0 heterocycles. The number of carbonyl (C=O) groups excluding carboxylic acids is 2. The lowest BCUT2D eigenvalue weighted by Crippen LogP contribution is -2.52. The first-order valence-electron chi connectivity index (χ1n) is 11.1. The van der Waals surface area contributed by atoms with Gasteiger partial charge in [-0.05, 0) is 42.7 Å². The van der Waals surface area contributed by atoms with Crippen LogP contribution in [0.5, 0.6) is 0 Å². The van der Waals surface area contributed by atoms with Crippen LogP contribution in [0.2, 0.25) is 15.1 Å². The molecule has 0 aromatic heterocycles. The Kier molecular flexibility index (Phi) is 10.7. The van der Waals surface area contributed by atoms with Crippen molar-refractivity contribution in [3.05, 3.63) is 63.1 Å². The van der Waals surface area contributed by atoms with E-state index >= 15 is 0 Å². The van der Waals surface area contributed by atoms with Crippen molar-refractivity contribution < 1.29 is 18.0 Å². The molecule has 192 valence electrons. The van der Waals surface area contributed by atoms with Gasteiger partial charge in [0.1, 0.15) is 12.6 Å². The van der Waals surface area contributed by atoms with Crippen molar-refractivity contribution in [3.63, 3.8) is 0 Å². The van der Waals surface area contributed by atoms with Gasteiger partial charge in [0.25, 0.3) is 0 Å². The van der Waals surface area contributed by atoms with Crippen LogP contribution in [0.25, 0.3) is 0 Å². The zero-order chi connectivity index (χ0) is 26.3. The van der Waals surface area contributed by atoms with Crippen molar-refractivity contribution in [2.24, 2.45) is 5.92 Å². The molecule has 0 radical (unpaired) electrons. The van der Waals surface area contributed by atoms with Gasteiger partial charge in [-0.25, -0.2) is 8.42 Å². The average molecular weight is 563 g/mol. The summed E-state index contributed by atoms with van der Waals surface area (Å²) in [5.74, 6) is -0.716. The first-order valence-corrected chi connectivity index (χ1v) is 14.1. The molecule has 11 heteroatoms. The standard InChI is InChI=1S/C24H30Cl3N3O4S/c1-5-22(24(32)28-13-16(2)3)29(14-19-20(26)10-7-11-21(19)27)23(31)15-30(35(4,33)34)18-9-6-8-17(25)12-18/h6-12,16,22H,5,13-15H2,1-4H3,(H,28,32)/t22-/m1/s1. The van der Waals surface area contributed by atoms with Crippen LogP contribution in [-0.2, 0) is 26.2 Å². The van der Waals surface area contributed by atoms with Gasteiger partial charge in [0, 0.05) is 33.7 Å². The summed E-state index contributed by atoms with van der Waals surface area (Å²) in [4.78, 5) is 28.0. The maximum atomic E-state index is 13.6. The molecular weight excluding hydrogens is 533 g/mol. The molecule has 2 rings (SSSR count). The third-order valence-corrected chi connectivity index (χ3v) is 7.32. The third-order valence-electron chi connectivity index (χ3n) is 5.24. The summed E-state index contributed by atoms with van der Waals surface area (Å²) in [6.07, 6.45) is 1.30. The Morgan fingerprint density at radius 1 is 1.03 bits per heavy atom. The van der Waals surface area contributed by atoms with Crippen LogP contribution >= 0.6 is 34.8 Å². The summed E-state index contributed by atoms with van der Waals surface area (Å²) in [6, 6.07) is 10.3. The van der Waals surface area contributed by atoms with Gasteiger partial charge in [0.15, 0.2) is 0 Å². The summed E-state index contributed by atoms with van der Waals surface area (Å²) in [5.41, 5.74) is 0.703. The van der Waals surface area contributed by atoms with Gasteiger partial charge < -0.3 is 10.2 Å². The fourth-order valence-electron chi connectivity index (χ4n) is 3.44. The minimum atomic E-state index is -3.85. The molecule has 2 aromatic rings. The summed E-state index contributed by atoms with van der Waals surface area (Å²) >= 11 is 18.8. The van der Waals surface area contributed by atoms with Crippen LogP contribution in [-0.4, -0.2) is 50.5 Å². The van der Waals surface area contributed by atoms with Crippen molar-refractivity contribution >= 4 is 62.3 Å². The molecule has 35 heavy (non-hydrogen) atoms. The maximum Gasteiger partial charge on any atom is 0.244 e. The normalized spacial score (nSPS) is 12.3. The van der Waals surface area contributed by atoms with E-state index in [1.807, 2.05) is 13.8 Å².